The Bertz CT molecular complexity index is 354. The lowest BCUT2D eigenvalue weighted by molar-refractivity contribution is -0.269. The van der Waals surface area contributed by atoms with Crippen LogP contribution in [0, 0.1) is 0 Å². The zero-order valence-corrected chi connectivity index (χ0v) is 8.48. The van der Waals surface area contributed by atoms with Crippen molar-refractivity contribution in [2.45, 2.75) is 12.1 Å². The largest absolute Gasteiger partial charge is 0.480 e. The summed E-state index contributed by atoms with van der Waals surface area (Å²) in [4.78, 5) is 31.2. The number of amides is 2. The van der Waals surface area contributed by atoms with Gasteiger partial charge in [-0.3, -0.25) is 14.4 Å². The maximum absolute atomic E-state index is 12.3. The number of carboxylic acids is 1. The van der Waals surface area contributed by atoms with Gasteiger partial charge >= 0.3 is 24.0 Å². The zero-order valence-electron chi connectivity index (χ0n) is 8.48. The van der Waals surface area contributed by atoms with E-state index in [-0.39, 0.29) is 0 Å². The third kappa shape index (κ3) is 4.51. The third-order valence-corrected chi connectivity index (χ3v) is 1.49. The fraction of sp³-hybridized carbons (Fsp3) is 0.571. The minimum atomic E-state index is -6.07. The number of aliphatic carboxylic acids is 1. The number of rotatable bonds is 5. The Morgan fingerprint density at radius 2 is 1.44 bits per heavy atom. The topological polar surface area (TPSA) is 95.5 Å². The van der Waals surface area contributed by atoms with Crippen molar-refractivity contribution in [2.24, 2.45) is 0 Å². The average molecular weight is 278 g/mol. The van der Waals surface area contributed by atoms with Crippen molar-refractivity contribution >= 4 is 17.8 Å². The van der Waals surface area contributed by atoms with Crippen molar-refractivity contribution in [2.75, 3.05) is 13.1 Å². The Hall–Kier alpha value is -1.94. The molecule has 3 N–H and O–H groups in total. The first-order valence-electron chi connectivity index (χ1n) is 4.20. The molecular weight excluding hydrogens is 271 g/mol. The lowest BCUT2D eigenvalue weighted by Gasteiger charge is -2.18. The molecule has 0 aromatic rings. The molecule has 0 rings (SSSR count). The summed E-state index contributed by atoms with van der Waals surface area (Å²) in [7, 11) is 0. The second-order valence-corrected chi connectivity index (χ2v) is 2.93. The molecule has 0 aromatic heterocycles. The molecule has 0 aromatic carbocycles. The van der Waals surface area contributed by atoms with E-state index in [4.69, 9.17) is 5.11 Å². The van der Waals surface area contributed by atoms with Crippen LogP contribution >= 0.6 is 0 Å². The van der Waals surface area contributed by atoms with Crippen LogP contribution < -0.4 is 10.6 Å². The molecule has 0 fully saturated rings. The van der Waals surface area contributed by atoms with E-state index in [1.165, 1.54) is 0 Å². The number of hydrogen-bond donors (Lipinski definition) is 3. The van der Waals surface area contributed by atoms with Gasteiger partial charge in [-0.25, -0.2) is 0 Å². The van der Waals surface area contributed by atoms with Crippen molar-refractivity contribution in [3.8, 4) is 0 Å². The van der Waals surface area contributed by atoms with Gasteiger partial charge in [-0.05, 0) is 0 Å². The first-order valence-corrected chi connectivity index (χ1v) is 4.20. The first-order chi connectivity index (χ1) is 7.98. The molecule has 18 heavy (non-hydrogen) atoms. The SMILES string of the molecule is O=C(O)CNC(=O)CNC(=O)C(F)(F)C(F)(F)F. The van der Waals surface area contributed by atoms with Crippen LogP contribution in [0.25, 0.3) is 0 Å². The zero-order chi connectivity index (χ0) is 14.6. The van der Waals surface area contributed by atoms with Gasteiger partial charge in [0.05, 0.1) is 6.54 Å². The Morgan fingerprint density at radius 3 is 1.83 bits per heavy atom. The summed E-state index contributed by atoms with van der Waals surface area (Å²) in [5.74, 6) is -11.0. The van der Waals surface area contributed by atoms with Crippen LogP contribution in [0.1, 0.15) is 0 Å². The highest BCUT2D eigenvalue weighted by atomic mass is 19.4. The maximum Gasteiger partial charge on any atom is 0.463 e. The highest BCUT2D eigenvalue weighted by molar-refractivity contribution is 5.89. The van der Waals surface area contributed by atoms with E-state index < -0.39 is 43.0 Å². The number of carbonyl (C=O) groups is 3. The highest BCUT2D eigenvalue weighted by Crippen LogP contribution is 2.35. The number of alkyl halides is 5. The molecule has 104 valence electrons. The van der Waals surface area contributed by atoms with Gasteiger partial charge in [0, 0.05) is 0 Å². The van der Waals surface area contributed by atoms with Crippen molar-refractivity contribution < 1.29 is 41.4 Å². The van der Waals surface area contributed by atoms with Crippen molar-refractivity contribution in [3.63, 3.8) is 0 Å². The van der Waals surface area contributed by atoms with Crippen molar-refractivity contribution in [3.05, 3.63) is 0 Å². The average Bonchev–Trinajstić information content (AvgIpc) is 2.21. The van der Waals surface area contributed by atoms with E-state index in [0.717, 1.165) is 5.32 Å². The minimum Gasteiger partial charge on any atom is -0.480 e. The van der Waals surface area contributed by atoms with Crippen LogP contribution in [-0.4, -0.2) is 48.1 Å². The van der Waals surface area contributed by atoms with E-state index in [9.17, 15) is 36.3 Å². The molecule has 2 amide bonds. The van der Waals surface area contributed by atoms with E-state index in [2.05, 4.69) is 0 Å². The standard InChI is InChI=1S/C7H7F5N2O4/c8-6(9,7(10,11)12)5(18)14-1-3(15)13-2-4(16)17/h1-2H2,(H,13,15)(H,14,18)(H,16,17). The molecule has 0 aliphatic carbocycles. The van der Waals surface area contributed by atoms with Gasteiger partial charge in [-0.15, -0.1) is 0 Å². The van der Waals surface area contributed by atoms with E-state index in [1.54, 1.807) is 5.32 Å². The van der Waals surface area contributed by atoms with Gasteiger partial charge in [0.25, 0.3) is 0 Å². The molecule has 0 aliphatic heterocycles. The molecule has 0 spiro atoms. The van der Waals surface area contributed by atoms with E-state index in [1.807, 2.05) is 0 Å². The normalized spacial score (nSPS) is 11.8. The van der Waals surface area contributed by atoms with Gasteiger partial charge in [0.15, 0.2) is 0 Å². The fourth-order valence-corrected chi connectivity index (χ4v) is 0.637. The van der Waals surface area contributed by atoms with Gasteiger partial charge in [0.2, 0.25) is 5.91 Å². The third-order valence-electron chi connectivity index (χ3n) is 1.49. The molecule has 0 unspecified atom stereocenters. The number of nitrogens with one attached hydrogen (secondary N) is 2. The smallest absolute Gasteiger partial charge is 0.463 e. The lowest BCUT2D eigenvalue weighted by atomic mass is 10.3. The van der Waals surface area contributed by atoms with Gasteiger partial charge in [0.1, 0.15) is 6.54 Å². The Balaban J connectivity index is 4.27. The summed E-state index contributed by atoms with van der Waals surface area (Å²) >= 11 is 0. The van der Waals surface area contributed by atoms with Crippen LogP contribution in [0.2, 0.25) is 0 Å². The number of carbonyl (C=O) groups excluding carboxylic acids is 2. The fourth-order valence-electron chi connectivity index (χ4n) is 0.637. The Kier molecular flexibility index (Phi) is 5.00. The minimum absolute atomic E-state index is 0.857. The monoisotopic (exact) mass is 278 g/mol. The Labute approximate surface area is 96.1 Å². The molecule has 0 radical (unpaired) electrons. The summed E-state index contributed by atoms with van der Waals surface area (Å²) in [6.45, 7) is -2.05. The number of halogens is 5. The first kappa shape index (κ1) is 16.1. The molecule has 0 saturated heterocycles. The second kappa shape index (κ2) is 5.60. The molecule has 0 aliphatic rings. The molecule has 11 heteroatoms. The maximum atomic E-state index is 12.3. The van der Waals surface area contributed by atoms with E-state index >= 15 is 0 Å². The molecule has 0 heterocycles. The lowest BCUT2D eigenvalue weighted by Crippen LogP contribution is -2.52. The summed E-state index contributed by atoms with van der Waals surface area (Å²) < 4.78 is 59.7. The Morgan fingerprint density at radius 1 is 0.944 bits per heavy atom. The van der Waals surface area contributed by atoms with E-state index in [0.29, 0.717) is 0 Å². The molecular formula is C7H7F5N2O4. The summed E-state index contributed by atoms with van der Waals surface area (Å²) in [6.07, 6.45) is -6.07. The van der Waals surface area contributed by atoms with Gasteiger partial charge in [-0.1, -0.05) is 0 Å². The molecule has 0 saturated carbocycles. The van der Waals surface area contributed by atoms with Gasteiger partial charge < -0.3 is 15.7 Å². The van der Waals surface area contributed by atoms with Crippen LogP contribution in [0.3, 0.4) is 0 Å². The molecule has 6 nitrogen and oxygen atoms in total. The van der Waals surface area contributed by atoms with Gasteiger partial charge in [-0.2, -0.15) is 22.0 Å². The van der Waals surface area contributed by atoms with Crippen LogP contribution in [-0.2, 0) is 14.4 Å². The highest BCUT2D eigenvalue weighted by Gasteiger charge is 2.63. The van der Waals surface area contributed by atoms with Crippen LogP contribution in [0.15, 0.2) is 0 Å². The molecule has 0 bridgehead atoms. The quantitative estimate of drug-likeness (QED) is 0.591. The summed E-state index contributed by atoms with van der Waals surface area (Å²) in [6, 6.07) is 0. The second-order valence-electron chi connectivity index (χ2n) is 2.93. The molecule has 0 atom stereocenters. The number of hydrogen-bond acceptors (Lipinski definition) is 3. The van der Waals surface area contributed by atoms with Crippen LogP contribution in [0.4, 0.5) is 22.0 Å². The number of carboxylic acid groups (broad SMARTS) is 1. The predicted molar refractivity (Wildman–Crippen MR) is 44.7 cm³/mol. The van der Waals surface area contributed by atoms with Crippen LogP contribution in [0.5, 0.6) is 0 Å². The van der Waals surface area contributed by atoms with Crippen molar-refractivity contribution in [1.82, 2.24) is 10.6 Å². The van der Waals surface area contributed by atoms with Crippen molar-refractivity contribution in [1.29, 1.82) is 0 Å². The summed E-state index contributed by atoms with van der Waals surface area (Å²) in [5.41, 5.74) is 0. The summed E-state index contributed by atoms with van der Waals surface area (Å²) in [5, 5.41) is 10.8. The predicted octanol–water partition coefficient (Wildman–Crippen LogP) is -0.499.